The van der Waals surface area contributed by atoms with E-state index in [1.54, 1.807) is 6.07 Å². The molecule has 0 radical (unpaired) electrons. The van der Waals surface area contributed by atoms with E-state index in [9.17, 15) is 9.18 Å². The van der Waals surface area contributed by atoms with Crippen molar-refractivity contribution in [2.24, 2.45) is 5.92 Å². The maximum atomic E-state index is 13.7. The molecule has 2 aromatic rings. The van der Waals surface area contributed by atoms with Crippen molar-refractivity contribution in [2.45, 2.75) is 26.2 Å². The number of hydrogen-bond acceptors (Lipinski definition) is 3. The van der Waals surface area contributed by atoms with Gasteiger partial charge in [-0.2, -0.15) is 0 Å². The highest BCUT2D eigenvalue weighted by Gasteiger charge is 2.21. The molecule has 0 saturated heterocycles. The number of benzene rings is 1. The van der Waals surface area contributed by atoms with E-state index in [0.29, 0.717) is 15.5 Å². The van der Waals surface area contributed by atoms with E-state index in [1.165, 1.54) is 28.3 Å². The van der Waals surface area contributed by atoms with Crippen LogP contribution < -0.4 is 5.32 Å². The number of carbonyl (C=O) groups excluding carboxylic acids is 1. The largest absolute Gasteiger partial charge is 0.298 e. The summed E-state index contributed by atoms with van der Waals surface area (Å²) in [5.74, 6) is -0.345. The molecule has 0 spiro atoms. The SMILES string of the molecule is CC1CCc2nc(NC(=O)c3cc(Br)ccc3F)sc2C1. The van der Waals surface area contributed by atoms with Gasteiger partial charge in [-0.1, -0.05) is 22.9 Å². The second-order valence-electron chi connectivity index (χ2n) is 5.32. The summed E-state index contributed by atoms with van der Waals surface area (Å²) >= 11 is 4.74. The molecule has 1 aromatic heterocycles. The number of thiazole rings is 1. The van der Waals surface area contributed by atoms with E-state index in [0.717, 1.165) is 25.0 Å². The Morgan fingerprint density at radius 2 is 2.33 bits per heavy atom. The van der Waals surface area contributed by atoms with Gasteiger partial charge >= 0.3 is 0 Å². The quantitative estimate of drug-likeness (QED) is 0.852. The number of halogens is 2. The number of hydrogen-bond donors (Lipinski definition) is 1. The first-order valence-corrected chi connectivity index (χ1v) is 8.39. The van der Waals surface area contributed by atoms with Crippen molar-refractivity contribution < 1.29 is 9.18 Å². The molecular weight excluding hydrogens is 355 g/mol. The minimum Gasteiger partial charge on any atom is -0.298 e. The second-order valence-corrected chi connectivity index (χ2v) is 7.31. The van der Waals surface area contributed by atoms with Crippen LogP contribution in [-0.2, 0) is 12.8 Å². The van der Waals surface area contributed by atoms with Crippen molar-refractivity contribution in [3.63, 3.8) is 0 Å². The van der Waals surface area contributed by atoms with Gasteiger partial charge in [-0.3, -0.25) is 10.1 Å². The van der Waals surface area contributed by atoms with Crippen LogP contribution in [0.25, 0.3) is 0 Å². The molecule has 0 aliphatic heterocycles. The Labute approximate surface area is 134 Å². The van der Waals surface area contributed by atoms with Gasteiger partial charge in [0.25, 0.3) is 5.91 Å². The average molecular weight is 369 g/mol. The molecule has 1 heterocycles. The lowest BCUT2D eigenvalue weighted by Gasteiger charge is -2.15. The molecule has 1 aromatic carbocycles. The van der Waals surface area contributed by atoms with Gasteiger partial charge in [0.15, 0.2) is 5.13 Å². The normalized spacial score (nSPS) is 17.4. The van der Waals surface area contributed by atoms with Crippen LogP contribution in [-0.4, -0.2) is 10.9 Å². The Morgan fingerprint density at radius 3 is 3.14 bits per heavy atom. The van der Waals surface area contributed by atoms with Crippen molar-refractivity contribution in [1.29, 1.82) is 0 Å². The zero-order valence-electron chi connectivity index (χ0n) is 11.5. The van der Waals surface area contributed by atoms with Crippen LogP contribution in [0.2, 0.25) is 0 Å². The molecule has 1 atom stereocenters. The lowest BCUT2D eigenvalue weighted by Crippen LogP contribution is -2.13. The highest BCUT2D eigenvalue weighted by molar-refractivity contribution is 9.10. The maximum Gasteiger partial charge on any atom is 0.260 e. The summed E-state index contributed by atoms with van der Waals surface area (Å²) in [6.45, 7) is 2.22. The number of rotatable bonds is 2. The molecule has 1 unspecified atom stereocenters. The smallest absolute Gasteiger partial charge is 0.260 e. The van der Waals surface area contributed by atoms with Gasteiger partial charge in [-0.25, -0.2) is 9.37 Å². The Hall–Kier alpha value is -1.27. The number of nitrogens with zero attached hydrogens (tertiary/aromatic N) is 1. The van der Waals surface area contributed by atoms with Crippen LogP contribution in [0, 0.1) is 11.7 Å². The Balaban J connectivity index is 1.80. The molecule has 0 saturated carbocycles. The number of anilines is 1. The summed E-state index contributed by atoms with van der Waals surface area (Å²) in [6.07, 6.45) is 3.09. The van der Waals surface area contributed by atoms with Crippen molar-refractivity contribution in [2.75, 3.05) is 5.32 Å². The number of aromatic nitrogens is 1. The standard InChI is InChI=1S/C15H14BrFN2OS/c1-8-2-5-12-13(6-8)21-15(18-12)19-14(20)10-7-9(16)3-4-11(10)17/h3-4,7-8H,2,5-6H2,1H3,(H,18,19,20). The number of fused-ring (bicyclic) bond motifs is 1. The highest BCUT2D eigenvalue weighted by atomic mass is 79.9. The molecular formula is C15H14BrFN2OS. The third-order valence-electron chi connectivity index (χ3n) is 3.58. The van der Waals surface area contributed by atoms with E-state index >= 15 is 0 Å². The molecule has 0 fully saturated rings. The summed E-state index contributed by atoms with van der Waals surface area (Å²) in [5.41, 5.74) is 1.09. The zero-order chi connectivity index (χ0) is 15.0. The van der Waals surface area contributed by atoms with Crippen molar-refractivity contribution in [1.82, 2.24) is 4.98 Å². The van der Waals surface area contributed by atoms with Gasteiger partial charge in [-0.05, 0) is 43.4 Å². The molecule has 3 nitrogen and oxygen atoms in total. The summed E-state index contributed by atoms with van der Waals surface area (Å²) in [6, 6.07) is 4.31. The molecule has 6 heteroatoms. The Kier molecular flexibility index (Phi) is 4.08. The lowest BCUT2D eigenvalue weighted by molar-refractivity contribution is 0.102. The minimum atomic E-state index is -0.536. The average Bonchev–Trinajstić information content (AvgIpc) is 2.82. The predicted molar refractivity (Wildman–Crippen MR) is 85.4 cm³/mol. The molecule has 1 N–H and O–H groups in total. The third-order valence-corrected chi connectivity index (χ3v) is 5.11. The minimum absolute atomic E-state index is 0.0194. The van der Waals surface area contributed by atoms with Crippen LogP contribution in [0.1, 0.15) is 34.3 Å². The summed E-state index contributed by atoms with van der Waals surface area (Å²) in [4.78, 5) is 17.8. The van der Waals surface area contributed by atoms with E-state index in [4.69, 9.17) is 0 Å². The maximum absolute atomic E-state index is 13.7. The van der Waals surface area contributed by atoms with Gasteiger partial charge in [0.05, 0.1) is 11.3 Å². The van der Waals surface area contributed by atoms with E-state index in [2.05, 4.69) is 33.2 Å². The van der Waals surface area contributed by atoms with Crippen LogP contribution in [0.15, 0.2) is 22.7 Å². The molecule has 110 valence electrons. The first-order chi connectivity index (χ1) is 10.0. The summed E-state index contributed by atoms with van der Waals surface area (Å²) < 4.78 is 14.4. The molecule has 1 amide bonds. The number of aryl methyl sites for hydroxylation is 1. The van der Waals surface area contributed by atoms with E-state index in [-0.39, 0.29) is 5.56 Å². The number of nitrogens with one attached hydrogen (secondary N) is 1. The molecule has 1 aliphatic rings. The lowest BCUT2D eigenvalue weighted by atomic mass is 9.93. The Bertz CT molecular complexity index is 701. The number of carbonyl (C=O) groups is 1. The van der Waals surface area contributed by atoms with Crippen molar-refractivity contribution in [3.8, 4) is 0 Å². The fraction of sp³-hybridized carbons (Fsp3) is 0.333. The predicted octanol–water partition coefficient (Wildman–Crippen LogP) is 4.42. The van der Waals surface area contributed by atoms with Crippen molar-refractivity contribution >= 4 is 38.3 Å². The monoisotopic (exact) mass is 368 g/mol. The van der Waals surface area contributed by atoms with Crippen molar-refractivity contribution in [3.05, 3.63) is 44.6 Å². The number of amides is 1. The van der Waals surface area contributed by atoms with Gasteiger partial charge in [-0.15, -0.1) is 11.3 Å². The second kappa shape index (κ2) is 5.85. The molecule has 3 rings (SSSR count). The van der Waals surface area contributed by atoms with E-state index in [1.807, 2.05) is 0 Å². The third kappa shape index (κ3) is 3.16. The van der Waals surface area contributed by atoms with Crippen LogP contribution >= 0.6 is 27.3 Å². The topological polar surface area (TPSA) is 42.0 Å². The van der Waals surface area contributed by atoms with Gasteiger partial charge in [0.2, 0.25) is 0 Å². The van der Waals surface area contributed by atoms with Crippen LogP contribution in [0.3, 0.4) is 0 Å². The fourth-order valence-electron chi connectivity index (χ4n) is 2.43. The first-order valence-electron chi connectivity index (χ1n) is 6.78. The van der Waals surface area contributed by atoms with Gasteiger partial charge < -0.3 is 0 Å². The Morgan fingerprint density at radius 1 is 1.52 bits per heavy atom. The highest BCUT2D eigenvalue weighted by Crippen LogP contribution is 2.32. The van der Waals surface area contributed by atoms with Crippen LogP contribution in [0.4, 0.5) is 9.52 Å². The molecule has 21 heavy (non-hydrogen) atoms. The first kappa shape index (κ1) is 14.7. The van der Waals surface area contributed by atoms with Gasteiger partial charge in [0, 0.05) is 9.35 Å². The summed E-state index contributed by atoms with van der Waals surface area (Å²) in [7, 11) is 0. The van der Waals surface area contributed by atoms with Crippen LogP contribution in [0.5, 0.6) is 0 Å². The molecule has 0 bridgehead atoms. The zero-order valence-corrected chi connectivity index (χ0v) is 13.9. The fourth-order valence-corrected chi connectivity index (χ4v) is 3.96. The van der Waals surface area contributed by atoms with Gasteiger partial charge in [0.1, 0.15) is 5.82 Å². The summed E-state index contributed by atoms with van der Waals surface area (Å²) in [5, 5.41) is 3.26. The van der Waals surface area contributed by atoms with E-state index < -0.39 is 11.7 Å². The molecule has 1 aliphatic carbocycles.